The first-order chi connectivity index (χ1) is 12.2. The van der Waals surface area contributed by atoms with Gasteiger partial charge in [-0.1, -0.05) is 12.1 Å². The number of rotatable bonds is 6. The number of hydrogen-bond acceptors (Lipinski definition) is 5. The smallest absolute Gasteiger partial charge is 0.251 e. The molecule has 1 unspecified atom stereocenters. The second kappa shape index (κ2) is 7.72. The van der Waals surface area contributed by atoms with Crippen molar-refractivity contribution in [2.24, 2.45) is 0 Å². The molecule has 0 radical (unpaired) electrons. The molecule has 0 saturated carbocycles. The van der Waals surface area contributed by atoms with Gasteiger partial charge in [0.1, 0.15) is 5.75 Å². The Kier molecular flexibility index (Phi) is 5.20. The zero-order chi connectivity index (χ0) is 17.6. The molecule has 2 aromatic carbocycles. The highest BCUT2D eigenvalue weighted by Crippen LogP contribution is 2.19. The fourth-order valence-corrected chi connectivity index (χ4v) is 2.59. The van der Waals surface area contributed by atoms with Gasteiger partial charge in [-0.3, -0.25) is 14.8 Å². The minimum atomic E-state index is -0.209. The van der Waals surface area contributed by atoms with Gasteiger partial charge < -0.3 is 15.2 Å². The van der Waals surface area contributed by atoms with E-state index in [1.807, 2.05) is 24.3 Å². The average Bonchev–Trinajstić information content (AvgIpc) is 2.68. The third kappa shape index (κ3) is 3.92. The number of hydrogen-bond donors (Lipinski definition) is 2. The van der Waals surface area contributed by atoms with E-state index >= 15 is 0 Å². The molecule has 1 amide bonds. The fourth-order valence-electron chi connectivity index (χ4n) is 2.59. The van der Waals surface area contributed by atoms with Gasteiger partial charge in [-0.05, 0) is 35.9 Å². The van der Waals surface area contributed by atoms with Crippen LogP contribution in [0.1, 0.15) is 21.8 Å². The van der Waals surface area contributed by atoms with E-state index in [1.54, 1.807) is 37.7 Å². The maximum Gasteiger partial charge on any atom is 0.251 e. The maximum absolute atomic E-state index is 12.4. The molecule has 1 atom stereocenters. The molecule has 0 fully saturated rings. The topological polar surface area (TPSA) is 84.3 Å². The number of nitrogens with zero attached hydrogens (tertiary/aromatic N) is 2. The second-order valence-electron chi connectivity index (χ2n) is 5.62. The van der Waals surface area contributed by atoms with Crippen LogP contribution in [0.25, 0.3) is 11.0 Å². The van der Waals surface area contributed by atoms with E-state index in [0.29, 0.717) is 17.6 Å². The van der Waals surface area contributed by atoms with Crippen LogP contribution in [0.5, 0.6) is 5.75 Å². The van der Waals surface area contributed by atoms with Crippen LogP contribution < -0.4 is 10.1 Å². The Balaban J connectivity index is 1.68. The minimum Gasteiger partial charge on any atom is -0.497 e. The van der Waals surface area contributed by atoms with Crippen LogP contribution in [0.15, 0.2) is 54.9 Å². The number of benzene rings is 2. The molecule has 25 heavy (non-hydrogen) atoms. The van der Waals surface area contributed by atoms with Gasteiger partial charge in [0.15, 0.2) is 0 Å². The lowest BCUT2D eigenvalue weighted by molar-refractivity contribution is 0.0947. The van der Waals surface area contributed by atoms with Crippen molar-refractivity contribution in [1.29, 1.82) is 0 Å². The van der Waals surface area contributed by atoms with Gasteiger partial charge in [0.2, 0.25) is 0 Å². The number of ether oxygens (including phenoxy) is 1. The molecular weight excluding hydrogens is 318 g/mol. The van der Waals surface area contributed by atoms with Crippen molar-refractivity contribution in [2.45, 2.75) is 5.92 Å². The highest BCUT2D eigenvalue weighted by atomic mass is 16.5. The van der Waals surface area contributed by atoms with Crippen molar-refractivity contribution < 1.29 is 14.6 Å². The summed E-state index contributed by atoms with van der Waals surface area (Å²) in [4.78, 5) is 20.8. The normalized spacial score (nSPS) is 11.9. The summed E-state index contributed by atoms with van der Waals surface area (Å²) in [6, 6.07) is 12.6. The van der Waals surface area contributed by atoms with Crippen LogP contribution in [0.2, 0.25) is 0 Å². The first kappa shape index (κ1) is 16.9. The molecule has 3 aromatic rings. The van der Waals surface area contributed by atoms with Crippen LogP contribution in [0, 0.1) is 0 Å². The second-order valence-corrected chi connectivity index (χ2v) is 5.62. The summed E-state index contributed by atoms with van der Waals surface area (Å²) in [5.41, 5.74) is 2.86. The molecule has 0 saturated heterocycles. The molecule has 1 heterocycles. The maximum atomic E-state index is 12.4. The van der Waals surface area contributed by atoms with Gasteiger partial charge in [0.25, 0.3) is 5.91 Å². The third-order valence-corrected chi connectivity index (χ3v) is 4.05. The summed E-state index contributed by atoms with van der Waals surface area (Å²) in [5, 5.41) is 12.5. The number of fused-ring (bicyclic) bond motifs is 1. The zero-order valence-corrected chi connectivity index (χ0v) is 13.8. The van der Waals surface area contributed by atoms with Crippen molar-refractivity contribution in [3.8, 4) is 5.75 Å². The molecule has 3 rings (SSSR count). The molecule has 1 aromatic heterocycles. The van der Waals surface area contributed by atoms with Crippen molar-refractivity contribution in [3.05, 3.63) is 66.0 Å². The molecule has 0 aliphatic carbocycles. The molecule has 0 aliphatic rings. The molecule has 0 aliphatic heterocycles. The van der Waals surface area contributed by atoms with Crippen molar-refractivity contribution >= 4 is 16.9 Å². The zero-order valence-electron chi connectivity index (χ0n) is 13.8. The van der Waals surface area contributed by atoms with Gasteiger partial charge in [-0.2, -0.15) is 0 Å². The summed E-state index contributed by atoms with van der Waals surface area (Å²) in [7, 11) is 1.60. The van der Waals surface area contributed by atoms with E-state index in [1.165, 1.54) is 0 Å². The highest BCUT2D eigenvalue weighted by molar-refractivity contribution is 5.97. The van der Waals surface area contributed by atoms with Gasteiger partial charge in [-0.15, -0.1) is 0 Å². The Labute approximate surface area is 145 Å². The van der Waals surface area contributed by atoms with Crippen LogP contribution in [0.4, 0.5) is 0 Å². The fraction of sp³-hybridized carbons (Fsp3) is 0.211. The first-order valence-electron chi connectivity index (χ1n) is 7.95. The van der Waals surface area contributed by atoms with Crippen molar-refractivity contribution in [2.75, 3.05) is 20.3 Å². The summed E-state index contributed by atoms with van der Waals surface area (Å²) in [5.74, 6) is 0.358. The Bertz CT molecular complexity index is 865. The minimum absolute atomic E-state index is 0.0597. The number of aromatic nitrogens is 2. The third-order valence-electron chi connectivity index (χ3n) is 4.05. The number of amides is 1. The van der Waals surface area contributed by atoms with E-state index in [-0.39, 0.29) is 18.4 Å². The number of nitrogens with one attached hydrogen (secondary N) is 1. The Morgan fingerprint density at radius 3 is 2.52 bits per heavy atom. The lowest BCUT2D eigenvalue weighted by atomic mass is 9.99. The van der Waals surface area contributed by atoms with Crippen LogP contribution in [0.3, 0.4) is 0 Å². The van der Waals surface area contributed by atoms with E-state index in [0.717, 1.165) is 16.8 Å². The Morgan fingerprint density at radius 1 is 1.12 bits per heavy atom. The highest BCUT2D eigenvalue weighted by Gasteiger charge is 2.14. The predicted octanol–water partition coefficient (Wildman–Crippen LogP) is 2.14. The van der Waals surface area contributed by atoms with Crippen LogP contribution in [-0.4, -0.2) is 41.2 Å². The molecule has 2 N–H and O–H groups in total. The number of carbonyl (C=O) groups is 1. The van der Waals surface area contributed by atoms with Crippen LogP contribution in [-0.2, 0) is 0 Å². The summed E-state index contributed by atoms with van der Waals surface area (Å²) in [6.45, 7) is 0.274. The molecule has 0 bridgehead atoms. The van der Waals surface area contributed by atoms with Crippen molar-refractivity contribution in [1.82, 2.24) is 15.3 Å². The van der Waals surface area contributed by atoms with E-state index in [9.17, 15) is 9.90 Å². The monoisotopic (exact) mass is 337 g/mol. The van der Waals surface area contributed by atoms with Gasteiger partial charge in [-0.25, -0.2) is 0 Å². The van der Waals surface area contributed by atoms with E-state index in [4.69, 9.17) is 4.74 Å². The van der Waals surface area contributed by atoms with Crippen molar-refractivity contribution in [3.63, 3.8) is 0 Å². The number of methoxy groups -OCH3 is 1. The van der Waals surface area contributed by atoms with E-state index < -0.39 is 0 Å². The summed E-state index contributed by atoms with van der Waals surface area (Å²) < 4.78 is 5.13. The van der Waals surface area contributed by atoms with Crippen LogP contribution >= 0.6 is 0 Å². The number of carbonyl (C=O) groups excluding carboxylic acids is 1. The van der Waals surface area contributed by atoms with Gasteiger partial charge in [0.05, 0.1) is 24.8 Å². The van der Waals surface area contributed by atoms with Gasteiger partial charge >= 0.3 is 0 Å². The summed E-state index contributed by atoms with van der Waals surface area (Å²) in [6.07, 6.45) is 3.21. The molecule has 6 nitrogen and oxygen atoms in total. The Morgan fingerprint density at radius 2 is 1.84 bits per heavy atom. The standard InChI is InChI=1S/C19H19N3O3/c1-25-16-5-2-13(3-6-16)15(12-23)11-22-19(24)14-4-7-17-18(10-14)21-9-8-20-17/h2-10,15,23H,11-12H2,1H3,(H,22,24). The predicted molar refractivity (Wildman–Crippen MR) is 94.7 cm³/mol. The molecular formula is C19H19N3O3. The molecule has 6 heteroatoms. The Hall–Kier alpha value is -2.99. The number of aliphatic hydroxyl groups is 1. The lowest BCUT2D eigenvalue weighted by Crippen LogP contribution is -2.29. The SMILES string of the molecule is COc1ccc(C(CO)CNC(=O)c2ccc3nccnc3c2)cc1. The largest absolute Gasteiger partial charge is 0.497 e. The molecule has 128 valence electrons. The first-order valence-corrected chi connectivity index (χ1v) is 7.95. The number of aliphatic hydroxyl groups excluding tert-OH is 1. The van der Waals surface area contributed by atoms with E-state index in [2.05, 4.69) is 15.3 Å². The van der Waals surface area contributed by atoms with Gasteiger partial charge in [0, 0.05) is 30.4 Å². The molecule has 0 spiro atoms. The quantitative estimate of drug-likeness (QED) is 0.720. The average molecular weight is 337 g/mol. The summed E-state index contributed by atoms with van der Waals surface area (Å²) >= 11 is 0. The lowest BCUT2D eigenvalue weighted by Gasteiger charge is -2.16.